The van der Waals surface area contributed by atoms with Crippen LogP contribution in [0.4, 0.5) is 0 Å². The van der Waals surface area contributed by atoms with Gasteiger partial charge in [-0.25, -0.2) is 0 Å². The van der Waals surface area contributed by atoms with Crippen LogP contribution in [-0.4, -0.2) is 25.3 Å². The van der Waals surface area contributed by atoms with Crippen LogP contribution in [0.15, 0.2) is 72.8 Å². The number of carboxylic acids is 1. The second-order valence-electron chi connectivity index (χ2n) is 9.30. The summed E-state index contributed by atoms with van der Waals surface area (Å²) in [5.41, 5.74) is 3.50. The maximum Gasteiger partial charge on any atom is 0.303 e. The molecule has 2 aliphatic carbocycles. The van der Waals surface area contributed by atoms with E-state index in [1.54, 1.807) is 14.2 Å². The highest BCUT2D eigenvalue weighted by Gasteiger charge is 2.06. The summed E-state index contributed by atoms with van der Waals surface area (Å²) in [4.78, 5) is 10.7. The normalized spacial score (nSPS) is 11.0. The third-order valence-electron chi connectivity index (χ3n) is 6.83. The molecule has 0 heterocycles. The predicted molar refractivity (Wildman–Crippen MR) is 150 cm³/mol. The van der Waals surface area contributed by atoms with Crippen molar-refractivity contribution in [2.24, 2.45) is 0 Å². The Morgan fingerprint density at radius 3 is 2.22 bits per heavy atom. The summed E-state index contributed by atoms with van der Waals surface area (Å²) in [7, 11) is 3.39. The number of rotatable bonds is 11. The van der Waals surface area contributed by atoms with Crippen LogP contribution in [0.5, 0.6) is 11.5 Å². The van der Waals surface area contributed by atoms with E-state index in [4.69, 9.17) is 26.2 Å². The molecule has 0 unspecified atom stereocenters. The van der Waals surface area contributed by atoms with Crippen molar-refractivity contribution < 1.29 is 19.4 Å². The molecule has 0 saturated carbocycles. The monoisotopic (exact) mass is 516 g/mol. The van der Waals surface area contributed by atoms with E-state index in [1.807, 2.05) is 30.3 Å². The number of methoxy groups -OCH3 is 2. The van der Waals surface area contributed by atoms with E-state index in [9.17, 15) is 4.79 Å². The molecule has 3 aromatic rings. The minimum atomic E-state index is -0.782. The number of aliphatic carboxylic acids is 1. The number of hydrogen-bond acceptors (Lipinski definition) is 3. The lowest BCUT2D eigenvalue weighted by atomic mass is 9.98. The predicted octanol–water partition coefficient (Wildman–Crippen LogP) is 7.77. The summed E-state index contributed by atoms with van der Waals surface area (Å²) in [6.45, 7) is 0. The Kier molecular flexibility index (Phi) is 9.08. The summed E-state index contributed by atoms with van der Waals surface area (Å²) in [5, 5.41) is 14.7. The van der Waals surface area contributed by atoms with Crippen LogP contribution in [-0.2, 0) is 24.1 Å². The van der Waals surface area contributed by atoms with Gasteiger partial charge in [0.05, 0.1) is 14.2 Å². The van der Waals surface area contributed by atoms with Gasteiger partial charge in [-0.15, -0.1) is 0 Å². The van der Waals surface area contributed by atoms with Gasteiger partial charge in [0.1, 0.15) is 11.5 Å². The van der Waals surface area contributed by atoms with Gasteiger partial charge < -0.3 is 14.6 Å². The molecule has 0 amide bonds. The maximum absolute atomic E-state index is 10.7. The molecule has 37 heavy (non-hydrogen) atoms. The molecule has 4 nitrogen and oxygen atoms in total. The first-order valence-electron chi connectivity index (χ1n) is 12.7. The molecule has 5 heteroatoms. The molecule has 0 atom stereocenters. The van der Waals surface area contributed by atoms with Crippen LogP contribution < -0.4 is 9.47 Å². The third-order valence-corrected chi connectivity index (χ3v) is 7.18. The topological polar surface area (TPSA) is 55.8 Å². The number of halogens is 1. The van der Waals surface area contributed by atoms with Gasteiger partial charge in [-0.1, -0.05) is 66.6 Å². The lowest BCUT2D eigenvalue weighted by Crippen LogP contribution is -1.98. The molecule has 0 bridgehead atoms. The molecule has 192 valence electrons. The van der Waals surface area contributed by atoms with E-state index in [2.05, 4.69) is 42.5 Å². The minimum absolute atomic E-state index is 0.136. The van der Waals surface area contributed by atoms with Crippen LogP contribution in [0.25, 0.3) is 10.8 Å². The number of hydrogen-bond donors (Lipinski definition) is 1. The van der Waals surface area contributed by atoms with Crippen LogP contribution in [0.2, 0.25) is 5.02 Å². The Morgan fingerprint density at radius 1 is 0.811 bits per heavy atom. The summed E-state index contributed by atoms with van der Waals surface area (Å²) in [6, 6.07) is 24.8. The molecule has 0 spiro atoms. The first-order chi connectivity index (χ1) is 18.0. The fourth-order valence-electron chi connectivity index (χ4n) is 4.61. The van der Waals surface area contributed by atoms with E-state index in [0.29, 0.717) is 6.42 Å². The molecular weight excluding hydrogens is 484 g/mol. The molecule has 0 fully saturated rings. The van der Waals surface area contributed by atoms with Gasteiger partial charge in [-0.05, 0) is 89.1 Å². The van der Waals surface area contributed by atoms with Gasteiger partial charge in [0.15, 0.2) is 0 Å². The van der Waals surface area contributed by atoms with Crippen LogP contribution in [0.3, 0.4) is 0 Å². The highest BCUT2D eigenvalue weighted by atomic mass is 35.5. The molecule has 2 aliphatic rings. The van der Waals surface area contributed by atoms with E-state index < -0.39 is 5.97 Å². The Hall–Kier alpha value is -3.50. The van der Waals surface area contributed by atoms with Crippen molar-refractivity contribution in [2.45, 2.75) is 44.9 Å². The average Bonchev–Trinajstić information content (AvgIpc) is 2.89. The van der Waals surface area contributed by atoms with Crippen molar-refractivity contribution in [1.82, 2.24) is 0 Å². The number of carbonyl (C=O) groups is 1. The zero-order valence-corrected chi connectivity index (χ0v) is 22.2. The molecule has 0 aromatic heterocycles. The minimum Gasteiger partial charge on any atom is -0.497 e. The third kappa shape index (κ3) is 6.84. The second kappa shape index (κ2) is 12.6. The van der Waals surface area contributed by atoms with E-state index in [1.165, 1.54) is 26.8 Å². The number of unbranched alkanes of at least 4 members (excludes halogenated alkanes) is 2. The Balaban J connectivity index is 0.000000335. The highest BCUT2D eigenvalue weighted by molar-refractivity contribution is 6.31. The fourth-order valence-corrected chi connectivity index (χ4v) is 4.90. The van der Waals surface area contributed by atoms with Gasteiger partial charge >= 0.3 is 5.97 Å². The van der Waals surface area contributed by atoms with Crippen molar-refractivity contribution in [3.05, 3.63) is 105 Å². The van der Waals surface area contributed by atoms with Gasteiger partial charge in [0, 0.05) is 16.7 Å². The van der Waals surface area contributed by atoms with Crippen molar-refractivity contribution in [3.63, 3.8) is 0 Å². The van der Waals surface area contributed by atoms with Gasteiger partial charge in [0.2, 0.25) is 0 Å². The average molecular weight is 517 g/mol. The lowest BCUT2D eigenvalue weighted by molar-refractivity contribution is -0.136. The summed E-state index contributed by atoms with van der Waals surface area (Å²) in [5.74, 6) is 1.14. The molecule has 0 saturated heterocycles. The Morgan fingerprint density at radius 2 is 1.62 bits per heavy atom. The molecule has 1 N–H and O–H groups in total. The number of benzene rings is 4. The van der Waals surface area contributed by atoms with Crippen molar-refractivity contribution in [1.29, 1.82) is 0 Å². The fraction of sp³-hybridized carbons (Fsp3) is 0.281. The van der Waals surface area contributed by atoms with Crippen molar-refractivity contribution >= 4 is 28.3 Å². The summed E-state index contributed by atoms with van der Waals surface area (Å²) >= 11 is 6.39. The van der Waals surface area contributed by atoms with E-state index in [-0.39, 0.29) is 6.42 Å². The summed E-state index contributed by atoms with van der Waals surface area (Å²) in [6.07, 6.45) is 6.04. The van der Waals surface area contributed by atoms with Crippen LogP contribution >= 0.6 is 11.6 Å². The number of aryl methyl sites for hydroxylation is 3. The standard InChI is InChI=1S/C25H27ClO3.C7H6O/c1-29-22-13-14-23-19(8-5-9-21(23)17-22)6-3-2-4-7-20-12-10-18(16-24(20)26)11-15-25(27)28;1-8-7-4-5-2-3-6(5)7/h5,8-10,12-14,16-17H,2-4,6-7,11,15H2,1H3,(H,27,28);2-4H,1H3. The Bertz CT molecular complexity index is 1480. The number of ether oxygens (including phenoxy) is 2. The lowest BCUT2D eigenvalue weighted by Gasteiger charge is -2.09. The molecular formula is C32H33ClO4. The van der Waals surface area contributed by atoms with Gasteiger partial charge in [0.25, 0.3) is 0 Å². The van der Waals surface area contributed by atoms with Crippen LogP contribution in [0.1, 0.15) is 42.4 Å². The largest absolute Gasteiger partial charge is 0.497 e. The van der Waals surface area contributed by atoms with Crippen LogP contribution in [0, 0.1) is 10.4 Å². The van der Waals surface area contributed by atoms with Crippen molar-refractivity contribution in [2.75, 3.05) is 14.2 Å². The first kappa shape index (κ1) is 26.6. The zero-order chi connectivity index (χ0) is 26.2. The molecule has 0 radical (unpaired) electrons. The summed E-state index contributed by atoms with van der Waals surface area (Å²) < 4.78 is 10.3. The first-order valence-corrected chi connectivity index (χ1v) is 13.1. The SMILES string of the molecule is COc1cc2ccc1=2.COc1ccc2c(CCCCCc3ccc(CCC(=O)O)cc3Cl)cccc2c1. The number of carboxylic acid groups (broad SMARTS) is 1. The zero-order valence-electron chi connectivity index (χ0n) is 21.4. The maximum atomic E-state index is 10.7. The second-order valence-corrected chi connectivity index (χ2v) is 9.71. The van der Waals surface area contributed by atoms with E-state index in [0.717, 1.165) is 59.8 Å². The van der Waals surface area contributed by atoms with Gasteiger partial charge in [-0.3, -0.25) is 4.79 Å². The van der Waals surface area contributed by atoms with Crippen molar-refractivity contribution in [3.8, 4) is 11.5 Å². The number of fused-ring (bicyclic) bond motifs is 1. The highest BCUT2D eigenvalue weighted by Crippen LogP contribution is 2.26. The Labute approximate surface area is 223 Å². The van der Waals surface area contributed by atoms with Gasteiger partial charge in [-0.2, -0.15) is 0 Å². The van der Waals surface area contributed by atoms with E-state index >= 15 is 0 Å². The quantitative estimate of drug-likeness (QED) is 0.182. The molecule has 3 aromatic carbocycles. The molecule has 0 aliphatic heterocycles. The molecule has 5 rings (SSSR count). The smallest absolute Gasteiger partial charge is 0.303 e.